The van der Waals surface area contributed by atoms with Crippen molar-refractivity contribution in [2.75, 3.05) is 11.4 Å². The molecule has 1 aliphatic rings. The van der Waals surface area contributed by atoms with Gasteiger partial charge in [0.05, 0.1) is 16.8 Å². The number of aromatic amines is 1. The molecule has 1 amide bonds. The van der Waals surface area contributed by atoms with Crippen molar-refractivity contribution in [2.24, 2.45) is 0 Å². The smallest absolute Gasteiger partial charge is 0.244 e. The predicted molar refractivity (Wildman–Crippen MR) is 87.3 cm³/mol. The minimum atomic E-state index is -0.219. The van der Waals surface area contributed by atoms with Gasteiger partial charge in [0.2, 0.25) is 5.91 Å². The van der Waals surface area contributed by atoms with Crippen LogP contribution in [0.4, 0.5) is 5.69 Å². The third-order valence-electron chi connectivity index (χ3n) is 3.74. The molecule has 1 saturated heterocycles. The van der Waals surface area contributed by atoms with E-state index in [1.807, 2.05) is 6.07 Å². The summed E-state index contributed by atoms with van der Waals surface area (Å²) in [4.78, 5) is 14.4. The number of amides is 1. The van der Waals surface area contributed by atoms with Gasteiger partial charge in [-0.3, -0.25) is 9.89 Å². The molecule has 7 heteroatoms. The van der Waals surface area contributed by atoms with Crippen LogP contribution in [0.15, 0.2) is 30.5 Å². The molecular formula is C15H16Cl2N4O. The first-order valence-corrected chi connectivity index (χ1v) is 7.89. The van der Waals surface area contributed by atoms with Crippen LogP contribution in [-0.4, -0.2) is 28.7 Å². The zero-order valence-electron chi connectivity index (χ0n) is 11.9. The molecule has 3 rings (SSSR count). The normalized spacial score (nSPS) is 18.7. The summed E-state index contributed by atoms with van der Waals surface area (Å²) >= 11 is 12.1. The number of carbonyl (C=O) groups excluding carboxylic acids is 1. The zero-order chi connectivity index (χ0) is 15.5. The number of halogens is 2. The molecule has 2 aromatic rings. The number of hydrogen-bond acceptors (Lipinski definition) is 3. The van der Waals surface area contributed by atoms with Crippen LogP contribution in [0.1, 0.15) is 18.5 Å². The summed E-state index contributed by atoms with van der Waals surface area (Å²) in [6.45, 7) is 1.25. The molecule has 0 spiro atoms. The fourth-order valence-corrected chi connectivity index (χ4v) is 3.13. The average Bonchev–Trinajstić information content (AvgIpc) is 3.00. The van der Waals surface area contributed by atoms with Gasteiger partial charge in [0, 0.05) is 30.0 Å². The molecule has 2 heterocycles. The lowest BCUT2D eigenvalue weighted by molar-refractivity contribution is -0.121. The highest BCUT2D eigenvalue weighted by Gasteiger charge is 2.30. The van der Waals surface area contributed by atoms with Crippen LogP contribution < -0.4 is 10.2 Å². The molecule has 1 fully saturated rings. The molecule has 22 heavy (non-hydrogen) atoms. The molecule has 5 nitrogen and oxygen atoms in total. The first kappa shape index (κ1) is 15.3. The summed E-state index contributed by atoms with van der Waals surface area (Å²) in [5.74, 6) is 0.0370. The molecule has 0 radical (unpaired) electrons. The molecule has 0 bridgehead atoms. The highest BCUT2D eigenvalue weighted by Crippen LogP contribution is 2.31. The van der Waals surface area contributed by atoms with E-state index in [1.165, 1.54) is 0 Å². The van der Waals surface area contributed by atoms with Gasteiger partial charge in [0.15, 0.2) is 0 Å². The topological polar surface area (TPSA) is 61.0 Å². The average molecular weight is 339 g/mol. The Balaban J connectivity index is 1.72. The molecule has 2 N–H and O–H groups in total. The number of hydrogen-bond donors (Lipinski definition) is 2. The number of piperidine rings is 1. The Morgan fingerprint density at radius 1 is 1.36 bits per heavy atom. The number of H-pyrrole nitrogens is 1. The van der Waals surface area contributed by atoms with Gasteiger partial charge in [-0.2, -0.15) is 5.10 Å². The number of nitrogens with zero attached hydrogens (tertiary/aromatic N) is 2. The Morgan fingerprint density at radius 2 is 2.23 bits per heavy atom. The van der Waals surface area contributed by atoms with Crippen LogP contribution in [0.25, 0.3) is 0 Å². The van der Waals surface area contributed by atoms with E-state index in [4.69, 9.17) is 23.2 Å². The van der Waals surface area contributed by atoms with Crippen LogP contribution in [0, 0.1) is 0 Å². The number of anilines is 1. The summed E-state index contributed by atoms with van der Waals surface area (Å²) in [7, 11) is 0. The van der Waals surface area contributed by atoms with Crippen molar-refractivity contribution in [3.63, 3.8) is 0 Å². The highest BCUT2D eigenvalue weighted by atomic mass is 35.5. The van der Waals surface area contributed by atoms with Gasteiger partial charge < -0.3 is 10.2 Å². The Hall–Kier alpha value is -1.56. The number of carbonyl (C=O) groups is 1. The van der Waals surface area contributed by atoms with Gasteiger partial charge in [0.1, 0.15) is 0 Å². The van der Waals surface area contributed by atoms with E-state index >= 15 is 0 Å². The Morgan fingerprint density at radius 3 is 2.95 bits per heavy atom. The molecule has 0 aliphatic carbocycles. The van der Waals surface area contributed by atoms with E-state index in [0.717, 1.165) is 18.5 Å². The maximum atomic E-state index is 12.7. The highest BCUT2D eigenvalue weighted by molar-refractivity contribution is 6.36. The SMILES string of the molecule is O=C1[C@@H](NCc2ccn[nH]2)CCCN1c1ccc(Cl)cc1Cl. The fourth-order valence-electron chi connectivity index (χ4n) is 2.62. The van der Waals surface area contributed by atoms with Crippen molar-refractivity contribution in [1.82, 2.24) is 15.5 Å². The molecule has 0 saturated carbocycles. The van der Waals surface area contributed by atoms with Crippen LogP contribution >= 0.6 is 23.2 Å². The second-order valence-corrected chi connectivity index (χ2v) is 6.09. The van der Waals surface area contributed by atoms with E-state index in [2.05, 4.69) is 15.5 Å². The summed E-state index contributed by atoms with van der Waals surface area (Å²) in [5, 5.41) is 11.1. The van der Waals surface area contributed by atoms with E-state index in [9.17, 15) is 4.79 Å². The van der Waals surface area contributed by atoms with E-state index in [-0.39, 0.29) is 11.9 Å². The number of aromatic nitrogens is 2. The van der Waals surface area contributed by atoms with Crippen LogP contribution in [-0.2, 0) is 11.3 Å². The van der Waals surface area contributed by atoms with Crippen molar-refractivity contribution < 1.29 is 4.79 Å². The third-order valence-corrected chi connectivity index (χ3v) is 4.27. The van der Waals surface area contributed by atoms with Crippen molar-refractivity contribution in [3.8, 4) is 0 Å². The number of rotatable bonds is 4. The fraction of sp³-hybridized carbons (Fsp3) is 0.333. The first-order chi connectivity index (χ1) is 10.6. The summed E-state index contributed by atoms with van der Waals surface area (Å²) in [6, 6.07) is 6.86. The lowest BCUT2D eigenvalue weighted by Crippen LogP contribution is -2.50. The van der Waals surface area contributed by atoms with E-state index in [0.29, 0.717) is 28.8 Å². The zero-order valence-corrected chi connectivity index (χ0v) is 13.4. The lowest BCUT2D eigenvalue weighted by atomic mass is 10.0. The predicted octanol–water partition coefficient (Wildman–Crippen LogP) is 3.00. The standard InChI is InChI=1S/C15H16Cl2N4O/c16-10-3-4-14(12(17)8-10)21-7-1-2-13(15(21)22)18-9-11-5-6-19-20-11/h3-6,8,13,18H,1-2,7,9H2,(H,19,20)/t13-/m0/s1. The Labute approximate surface area is 138 Å². The minimum Gasteiger partial charge on any atom is -0.310 e. The molecule has 1 aromatic carbocycles. The second kappa shape index (κ2) is 6.69. The van der Waals surface area contributed by atoms with Crippen LogP contribution in [0.2, 0.25) is 10.0 Å². The van der Waals surface area contributed by atoms with E-state index in [1.54, 1.807) is 29.3 Å². The van der Waals surface area contributed by atoms with Crippen molar-refractivity contribution in [2.45, 2.75) is 25.4 Å². The largest absolute Gasteiger partial charge is 0.310 e. The van der Waals surface area contributed by atoms with Gasteiger partial charge in [-0.05, 0) is 37.1 Å². The lowest BCUT2D eigenvalue weighted by Gasteiger charge is -2.33. The number of nitrogens with one attached hydrogen (secondary N) is 2. The Bertz CT molecular complexity index is 660. The van der Waals surface area contributed by atoms with Gasteiger partial charge in [-0.1, -0.05) is 23.2 Å². The van der Waals surface area contributed by atoms with Crippen molar-refractivity contribution >= 4 is 34.8 Å². The van der Waals surface area contributed by atoms with Crippen molar-refractivity contribution in [1.29, 1.82) is 0 Å². The monoisotopic (exact) mass is 338 g/mol. The molecule has 116 valence electrons. The number of benzene rings is 1. The molecule has 1 aliphatic heterocycles. The first-order valence-electron chi connectivity index (χ1n) is 7.13. The maximum absolute atomic E-state index is 12.7. The molecule has 1 atom stereocenters. The van der Waals surface area contributed by atoms with Crippen LogP contribution in [0.5, 0.6) is 0 Å². The van der Waals surface area contributed by atoms with Gasteiger partial charge in [0.25, 0.3) is 0 Å². The molecule has 1 aromatic heterocycles. The molecule has 0 unspecified atom stereocenters. The van der Waals surface area contributed by atoms with Gasteiger partial charge in [-0.25, -0.2) is 0 Å². The van der Waals surface area contributed by atoms with Crippen LogP contribution in [0.3, 0.4) is 0 Å². The maximum Gasteiger partial charge on any atom is 0.244 e. The van der Waals surface area contributed by atoms with E-state index < -0.39 is 0 Å². The van der Waals surface area contributed by atoms with Crippen molar-refractivity contribution in [3.05, 3.63) is 46.2 Å². The van der Waals surface area contributed by atoms with Gasteiger partial charge in [-0.15, -0.1) is 0 Å². The summed E-state index contributed by atoms with van der Waals surface area (Å²) in [5.41, 5.74) is 1.67. The summed E-state index contributed by atoms with van der Waals surface area (Å²) < 4.78 is 0. The molecular weight excluding hydrogens is 323 g/mol. The van der Waals surface area contributed by atoms with Gasteiger partial charge >= 0.3 is 0 Å². The second-order valence-electron chi connectivity index (χ2n) is 5.24. The Kier molecular flexibility index (Phi) is 4.66. The minimum absolute atomic E-state index is 0.0370. The quantitative estimate of drug-likeness (QED) is 0.900. The third kappa shape index (κ3) is 3.27. The summed E-state index contributed by atoms with van der Waals surface area (Å²) in [6.07, 6.45) is 3.43.